The average Bonchev–Trinajstić information content (AvgIpc) is 2.39. The van der Waals surface area contributed by atoms with Gasteiger partial charge in [0.05, 0.1) is 0 Å². The van der Waals surface area contributed by atoms with Crippen LogP contribution in [0, 0.1) is 5.92 Å². The van der Waals surface area contributed by atoms with Crippen molar-refractivity contribution in [1.82, 2.24) is 0 Å². The van der Waals surface area contributed by atoms with Crippen molar-refractivity contribution in [3.8, 4) is 0 Å². The fraction of sp³-hybridized carbons (Fsp3) is 0.588. The molecule has 0 saturated heterocycles. The summed E-state index contributed by atoms with van der Waals surface area (Å²) in [6, 6.07) is 10.9. The third-order valence-electron chi connectivity index (χ3n) is 3.38. The lowest BCUT2D eigenvalue weighted by Crippen LogP contribution is -2.00. The Labute approximate surface area is 107 Å². The minimum Gasteiger partial charge on any atom is -0.0654 e. The van der Waals surface area contributed by atoms with E-state index in [1.165, 1.54) is 56.9 Å². The van der Waals surface area contributed by atoms with E-state index >= 15 is 0 Å². The van der Waals surface area contributed by atoms with Crippen LogP contribution in [0.2, 0.25) is 0 Å². The second-order valence-electron chi connectivity index (χ2n) is 4.94. The molecule has 0 fully saturated rings. The molecule has 0 nitrogen and oxygen atoms in total. The molecule has 0 heteroatoms. The van der Waals surface area contributed by atoms with Crippen LogP contribution >= 0.6 is 0 Å². The van der Waals surface area contributed by atoms with Crippen molar-refractivity contribution in [2.24, 2.45) is 0 Å². The van der Waals surface area contributed by atoms with Gasteiger partial charge in [0, 0.05) is 0 Å². The van der Waals surface area contributed by atoms with Crippen LogP contribution in [-0.4, -0.2) is 0 Å². The standard InChI is InChI=1S/C17H27/c1-3-5-10-16(11-6-4-2)14-15-17-12-8-7-9-13-17/h7-9,12-13H,3-6,10-11,14-15H2,1-2H3. The molecule has 0 aromatic heterocycles. The smallest absolute Gasteiger partial charge is 0.0238 e. The topological polar surface area (TPSA) is 0 Å². The van der Waals surface area contributed by atoms with Crippen molar-refractivity contribution in [3.05, 3.63) is 41.8 Å². The van der Waals surface area contributed by atoms with Gasteiger partial charge in [0.15, 0.2) is 0 Å². The number of hydrogen-bond acceptors (Lipinski definition) is 0. The Bertz CT molecular complexity index is 255. The Morgan fingerprint density at radius 3 is 1.94 bits per heavy atom. The molecule has 0 spiro atoms. The van der Waals surface area contributed by atoms with Crippen molar-refractivity contribution < 1.29 is 0 Å². The lowest BCUT2D eigenvalue weighted by molar-refractivity contribution is 0.588. The van der Waals surface area contributed by atoms with E-state index in [0.717, 1.165) is 0 Å². The highest BCUT2D eigenvalue weighted by atomic mass is 14.1. The maximum absolute atomic E-state index is 2.29. The van der Waals surface area contributed by atoms with E-state index in [9.17, 15) is 0 Å². The van der Waals surface area contributed by atoms with Gasteiger partial charge in [0.2, 0.25) is 0 Å². The van der Waals surface area contributed by atoms with Gasteiger partial charge in [-0.25, -0.2) is 0 Å². The first-order valence-corrected chi connectivity index (χ1v) is 7.24. The van der Waals surface area contributed by atoms with Crippen molar-refractivity contribution in [3.63, 3.8) is 0 Å². The van der Waals surface area contributed by atoms with Crippen molar-refractivity contribution in [2.45, 2.75) is 65.2 Å². The molecule has 17 heavy (non-hydrogen) atoms. The molecular weight excluding hydrogens is 204 g/mol. The van der Waals surface area contributed by atoms with Crippen LogP contribution in [0.1, 0.15) is 64.4 Å². The van der Waals surface area contributed by atoms with Gasteiger partial charge in [-0.2, -0.15) is 0 Å². The molecule has 95 valence electrons. The summed E-state index contributed by atoms with van der Waals surface area (Å²) in [5.74, 6) is 1.79. The fourth-order valence-corrected chi connectivity index (χ4v) is 2.19. The van der Waals surface area contributed by atoms with Crippen molar-refractivity contribution in [1.29, 1.82) is 0 Å². The van der Waals surface area contributed by atoms with Gasteiger partial charge in [-0.15, -0.1) is 0 Å². The van der Waals surface area contributed by atoms with Crippen molar-refractivity contribution in [2.75, 3.05) is 0 Å². The normalized spacial score (nSPS) is 11.0. The second kappa shape index (κ2) is 9.27. The molecule has 1 radical (unpaired) electrons. The van der Waals surface area contributed by atoms with Gasteiger partial charge in [0.25, 0.3) is 0 Å². The molecule has 0 aliphatic carbocycles. The highest BCUT2D eigenvalue weighted by Crippen LogP contribution is 2.23. The summed E-state index contributed by atoms with van der Waals surface area (Å²) in [5.41, 5.74) is 1.48. The molecule has 0 aliphatic rings. The minimum atomic E-state index is 1.23. The van der Waals surface area contributed by atoms with Crippen LogP contribution in [0.5, 0.6) is 0 Å². The zero-order valence-corrected chi connectivity index (χ0v) is 11.5. The first-order chi connectivity index (χ1) is 8.36. The van der Waals surface area contributed by atoms with Crippen LogP contribution in [0.3, 0.4) is 0 Å². The molecule has 1 aromatic carbocycles. The summed E-state index contributed by atoms with van der Waals surface area (Å²) in [4.78, 5) is 0. The Hall–Kier alpha value is -0.780. The summed E-state index contributed by atoms with van der Waals surface area (Å²) >= 11 is 0. The highest BCUT2D eigenvalue weighted by Gasteiger charge is 2.08. The Morgan fingerprint density at radius 1 is 0.824 bits per heavy atom. The van der Waals surface area contributed by atoms with Crippen LogP contribution in [-0.2, 0) is 6.42 Å². The lowest BCUT2D eigenvalue weighted by atomic mass is 9.90. The van der Waals surface area contributed by atoms with Gasteiger partial charge < -0.3 is 0 Å². The molecule has 1 aromatic rings. The zero-order valence-electron chi connectivity index (χ0n) is 11.5. The Balaban J connectivity index is 2.31. The van der Waals surface area contributed by atoms with E-state index in [-0.39, 0.29) is 0 Å². The molecule has 1 rings (SSSR count). The largest absolute Gasteiger partial charge is 0.0654 e. The van der Waals surface area contributed by atoms with E-state index < -0.39 is 0 Å². The molecule has 0 atom stereocenters. The first-order valence-electron chi connectivity index (χ1n) is 7.24. The average molecular weight is 231 g/mol. The van der Waals surface area contributed by atoms with Gasteiger partial charge >= 0.3 is 0 Å². The Morgan fingerprint density at radius 2 is 1.41 bits per heavy atom. The van der Waals surface area contributed by atoms with E-state index in [1.54, 1.807) is 5.92 Å². The molecule has 0 aliphatic heterocycles. The van der Waals surface area contributed by atoms with Crippen molar-refractivity contribution >= 4 is 0 Å². The predicted molar refractivity (Wildman–Crippen MR) is 77.1 cm³/mol. The van der Waals surface area contributed by atoms with Gasteiger partial charge in [-0.1, -0.05) is 69.9 Å². The quantitative estimate of drug-likeness (QED) is 0.521. The van der Waals surface area contributed by atoms with E-state index in [2.05, 4.69) is 44.2 Å². The van der Waals surface area contributed by atoms with Gasteiger partial charge in [0.1, 0.15) is 0 Å². The molecular formula is C17H27. The van der Waals surface area contributed by atoms with E-state index in [1.807, 2.05) is 0 Å². The number of hydrogen-bond donors (Lipinski definition) is 0. The maximum atomic E-state index is 2.29. The predicted octanol–water partition coefficient (Wildman–Crippen LogP) is 5.57. The molecule has 0 heterocycles. The van der Waals surface area contributed by atoms with E-state index in [4.69, 9.17) is 0 Å². The second-order valence-corrected chi connectivity index (χ2v) is 4.94. The maximum Gasteiger partial charge on any atom is -0.0238 e. The SMILES string of the molecule is CCCC[C](CCCC)CCc1ccccc1. The Kier molecular flexibility index (Phi) is 7.79. The van der Waals surface area contributed by atoms with Crippen LogP contribution < -0.4 is 0 Å². The highest BCUT2D eigenvalue weighted by molar-refractivity contribution is 5.15. The van der Waals surface area contributed by atoms with Gasteiger partial charge in [-0.05, 0) is 37.2 Å². The summed E-state index contributed by atoms with van der Waals surface area (Å²) in [6.07, 6.45) is 10.6. The lowest BCUT2D eigenvalue weighted by Gasteiger charge is -2.15. The monoisotopic (exact) mass is 231 g/mol. The molecule has 0 bridgehead atoms. The number of rotatable bonds is 9. The van der Waals surface area contributed by atoms with Crippen LogP contribution in [0.25, 0.3) is 0 Å². The van der Waals surface area contributed by atoms with Crippen LogP contribution in [0.15, 0.2) is 30.3 Å². The summed E-state index contributed by atoms with van der Waals surface area (Å²) in [7, 11) is 0. The summed E-state index contributed by atoms with van der Waals surface area (Å²) in [5, 5.41) is 0. The van der Waals surface area contributed by atoms with E-state index in [0.29, 0.717) is 0 Å². The summed E-state index contributed by atoms with van der Waals surface area (Å²) in [6.45, 7) is 4.57. The molecule has 0 N–H and O–H groups in total. The third-order valence-corrected chi connectivity index (χ3v) is 3.38. The number of benzene rings is 1. The molecule has 0 saturated carbocycles. The number of unbranched alkanes of at least 4 members (excludes halogenated alkanes) is 2. The molecule has 0 unspecified atom stereocenters. The number of aryl methyl sites for hydroxylation is 1. The van der Waals surface area contributed by atoms with Crippen LogP contribution in [0.4, 0.5) is 0 Å². The zero-order chi connectivity index (χ0) is 12.3. The fourth-order valence-electron chi connectivity index (χ4n) is 2.19. The molecule has 0 amide bonds. The third kappa shape index (κ3) is 6.51. The van der Waals surface area contributed by atoms with Gasteiger partial charge in [-0.3, -0.25) is 0 Å². The first kappa shape index (κ1) is 14.3. The minimum absolute atomic E-state index is 1.23. The summed E-state index contributed by atoms with van der Waals surface area (Å²) < 4.78 is 0.